The summed E-state index contributed by atoms with van der Waals surface area (Å²) < 4.78 is -0.0908. The van der Waals surface area contributed by atoms with Crippen molar-refractivity contribution < 1.29 is 0 Å². The molecular formula is C12H24BBr. The molecule has 0 nitrogen and oxygen atoms in total. The summed E-state index contributed by atoms with van der Waals surface area (Å²) in [5, 5.41) is 0. The van der Waals surface area contributed by atoms with E-state index in [0.717, 1.165) is 19.3 Å². The first kappa shape index (κ1) is 14.5. The van der Waals surface area contributed by atoms with E-state index in [1.165, 1.54) is 38.5 Å². The molecule has 0 spiro atoms. The Morgan fingerprint density at radius 2 is 1.43 bits per heavy atom. The van der Waals surface area contributed by atoms with Gasteiger partial charge in [0, 0.05) is 0 Å². The average Bonchev–Trinajstić information content (AvgIpc) is 2.11. The predicted octanol–water partition coefficient (Wildman–Crippen LogP) is 4.80. The third-order valence-corrected chi connectivity index (χ3v) is 3.40. The molecule has 0 aromatic heterocycles. The molecule has 0 saturated heterocycles. The molecule has 82 valence electrons. The predicted molar refractivity (Wildman–Crippen MR) is 70.3 cm³/mol. The van der Waals surface area contributed by atoms with E-state index in [1.54, 1.807) is 0 Å². The van der Waals surface area contributed by atoms with Gasteiger partial charge in [0.2, 0.25) is 0 Å². The fourth-order valence-corrected chi connectivity index (χ4v) is 2.42. The van der Waals surface area contributed by atoms with Crippen molar-refractivity contribution in [3.63, 3.8) is 0 Å². The highest BCUT2D eigenvalue weighted by atomic mass is 79.9. The molecule has 0 aromatic rings. The van der Waals surface area contributed by atoms with Crippen LogP contribution in [0.25, 0.3) is 0 Å². The molecule has 0 aromatic carbocycles. The highest BCUT2D eigenvalue weighted by Crippen LogP contribution is 2.26. The van der Waals surface area contributed by atoms with Gasteiger partial charge in [-0.15, -0.1) is 0 Å². The second-order valence-corrected chi connectivity index (χ2v) is 5.88. The minimum Gasteiger partial charge on any atom is -0.0960 e. The number of halogens is 1. The van der Waals surface area contributed by atoms with Gasteiger partial charge in [0.15, 0.2) is 0 Å². The van der Waals surface area contributed by atoms with E-state index in [9.17, 15) is 0 Å². The molecule has 14 heavy (non-hydrogen) atoms. The summed E-state index contributed by atoms with van der Waals surface area (Å²) in [6, 6.07) is 0. The van der Waals surface area contributed by atoms with Crippen molar-refractivity contribution >= 4 is 23.8 Å². The van der Waals surface area contributed by atoms with Crippen LogP contribution in [0.1, 0.15) is 71.6 Å². The molecule has 0 N–H and O–H groups in total. The topological polar surface area (TPSA) is 0 Å². The third-order valence-electron chi connectivity index (χ3n) is 2.61. The van der Waals surface area contributed by atoms with Crippen molar-refractivity contribution in [3.05, 3.63) is 0 Å². The molecule has 0 aliphatic carbocycles. The van der Waals surface area contributed by atoms with Crippen LogP contribution in [-0.4, -0.2) is 12.1 Å². The maximum absolute atomic E-state index is 6.08. The van der Waals surface area contributed by atoms with Gasteiger partial charge in [-0.2, -0.15) is 0 Å². The molecule has 1 atom stereocenters. The number of hydrogen-bond donors (Lipinski definition) is 0. The zero-order valence-electron chi connectivity index (χ0n) is 9.82. The first-order valence-corrected chi connectivity index (χ1v) is 6.89. The largest absolute Gasteiger partial charge is 0.0960 e. The second-order valence-electron chi connectivity index (χ2n) is 4.30. The van der Waals surface area contributed by atoms with Crippen LogP contribution in [0.5, 0.6) is 0 Å². The number of hydrogen-bond acceptors (Lipinski definition) is 0. The first-order chi connectivity index (χ1) is 6.62. The van der Waals surface area contributed by atoms with Crippen molar-refractivity contribution in [3.8, 4) is 0 Å². The summed E-state index contributed by atoms with van der Waals surface area (Å²) in [4.78, 5) is 0. The highest BCUT2D eigenvalue weighted by molar-refractivity contribution is 9.10. The lowest BCUT2D eigenvalue weighted by atomic mass is 9.79. The second kappa shape index (κ2) is 8.82. The van der Waals surface area contributed by atoms with Gasteiger partial charge in [-0.3, -0.25) is 0 Å². The summed E-state index contributed by atoms with van der Waals surface area (Å²) in [5.74, 6) is 0. The zero-order valence-corrected chi connectivity index (χ0v) is 11.4. The van der Waals surface area contributed by atoms with Gasteiger partial charge < -0.3 is 0 Å². The van der Waals surface area contributed by atoms with Crippen LogP contribution in [0.3, 0.4) is 0 Å². The van der Waals surface area contributed by atoms with Gasteiger partial charge in [-0.25, -0.2) is 0 Å². The fraction of sp³-hybridized carbons (Fsp3) is 1.00. The maximum Gasteiger partial charge on any atom is 0.0901 e. The average molecular weight is 259 g/mol. The molecule has 0 bridgehead atoms. The quantitative estimate of drug-likeness (QED) is 0.317. The molecule has 1 unspecified atom stereocenters. The van der Waals surface area contributed by atoms with Crippen LogP contribution in [0.4, 0.5) is 0 Å². The van der Waals surface area contributed by atoms with Crippen molar-refractivity contribution in [1.29, 1.82) is 0 Å². The Balaban J connectivity index is 3.26. The van der Waals surface area contributed by atoms with Crippen LogP contribution in [0.2, 0.25) is 0 Å². The van der Waals surface area contributed by atoms with Gasteiger partial charge >= 0.3 is 0 Å². The molecular weight excluding hydrogens is 235 g/mol. The minimum atomic E-state index is -0.0908. The van der Waals surface area contributed by atoms with Crippen LogP contribution >= 0.6 is 15.9 Å². The molecule has 0 saturated carbocycles. The molecule has 0 aliphatic rings. The first-order valence-electron chi connectivity index (χ1n) is 6.10. The Kier molecular flexibility index (Phi) is 9.16. The normalized spacial score (nSPS) is 15.4. The van der Waals surface area contributed by atoms with Crippen LogP contribution in [0, 0.1) is 0 Å². The molecule has 0 amide bonds. The molecule has 0 heterocycles. The fourth-order valence-electron chi connectivity index (χ4n) is 1.74. The smallest absolute Gasteiger partial charge is 0.0901 e. The highest BCUT2D eigenvalue weighted by Gasteiger charge is 2.16. The van der Waals surface area contributed by atoms with E-state index in [-0.39, 0.29) is 4.22 Å². The number of rotatable bonds is 9. The van der Waals surface area contributed by atoms with Gasteiger partial charge in [0.1, 0.15) is 0 Å². The van der Waals surface area contributed by atoms with Gasteiger partial charge in [-0.05, 0) is 17.1 Å². The third kappa shape index (κ3) is 9.11. The Bertz CT molecular complexity index is 123. The zero-order chi connectivity index (χ0) is 10.9. The van der Waals surface area contributed by atoms with Gasteiger partial charge in [-0.1, -0.05) is 74.7 Å². The van der Waals surface area contributed by atoms with Gasteiger partial charge in [0.05, 0.1) is 7.85 Å². The summed E-state index contributed by atoms with van der Waals surface area (Å²) in [6.45, 7) is 4.44. The Hall–Kier alpha value is 0.545. The molecule has 2 heteroatoms. The Morgan fingerprint density at radius 3 is 2.00 bits per heavy atom. The van der Waals surface area contributed by atoms with Crippen molar-refractivity contribution in [1.82, 2.24) is 0 Å². The summed E-state index contributed by atoms with van der Waals surface area (Å²) in [6.07, 6.45) is 11.5. The van der Waals surface area contributed by atoms with Crippen molar-refractivity contribution in [2.24, 2.45) is 0 Å². The lowest BCUT2D eigenvalue weighted by molar-refractivity contribution is 0.552. The van der Waals surface area contributed by atoms with E-state index in [0.29, 0.717) is 0 Å². The summed E-state index contributed by atoms with van der Waals surface area (Å²) >= 11 is 3.60. The standard InChI is InChI=1S/C12H24BBr/c1-3-5-6-7-8-9-11-12(13,14)10-4-2/h3-11H2,1-2H3. The molecule has 2 radical (unpaired) electrons. The van der Waals surface area contributed by atoms with Crippen LogP contribution < -0.4 is 0 Å². The van der Waals surface area contributed by atoms with E-state index in [2.05, 4.69) is 29.8 Å². The number of unbranched alkanes of at least 4 members (excludes halogenated alkanes) is 5. The summed E-state index contributed by atoms with van der Waals surface area (Å²) in [7, 11) is 6.08. The molecule has 0 fully saturated rings. The Labute approximate surface area is 99.8 Å². The molecule has 0 rings (SSSR count). The van der Waals surface area contributed by atoms with Crippen molar-refractivity contribution in [2.75, 3.05) is 0 Å². The Morgan fingerprint density at radius 1 is 0.857 bits per heavy atom. The van der Waals surface area contributed by atoms with Gasteiger partial charge in [0.25, 0.3) is 0 Å². The number of alkyl halides is 1. The monoisotopic (exact) mass is 258 g/mol. The van der Waals surface area contributed by atoms with E-state index < -0.39 is 0 Å². The van der Waals surface area contributed by atoms with Crippen molar-refractivity contribution in [2.45, 2.75) is 75.9 Å². The SMILES string of the molecule is [B]C(Br)(CCC)CCCCCCCC. The van der Waals surface area contributed by atoms with E-state index >= 15 is 0 Å². The lowest BCUT2D eigenvalue weighted by Crippen LogP contribution is -2.20. The minimum absolute atomic E-state index is 0.0908. The maximum atomic E-state index is 6.08. The van der Waals surface area contributed by atoms with E-state index in [4.69, 9.17) is 7.85 Å². The lowest BCUT2D eigenvalue weighted by Gasteiger charge is -2.21. The van der Waals surface area contributed by atoms with Crippen LogP contribution in [-0.2, 0) is 0 Å². The van der Waals surface area contributed by atoms with E-state index in [1.807, 2.05) is 0 Å². The van der Waals surface area contributed by atoms with Crippen LogP contribution in [0.15, 0.2) is 0 Å². The molecule has 0 aliphatic heterocycles. The summed E-state index contributed by atoms with van der Waals surface area (Å²) in [5.41, 5.74) is 0.